The fourth-order valence-corrected chi connectivity index (χ4v) is 4.14. The van der Waals surface area contributed by atoms with Gasteiger partial charge in [-0.15, -0.1) is 11.3 Å². The first kappa shape index (κ1) is 15.5. The molecule has 1 aliphatic heterocycles. The van der Waals surface area contributed by atoms with Crippen LogP contribution in [-0.4, -0.2) is 42.9 Å². The van der Waals surface area contributed by atoms with Crippen LogP contribution in [0.4, 0.5) is 0 Å². The Balaban J connectivity index is 2.02. The van der Waals surface area contributed by atoms with Gasteiger partial charge in [-0.1, -0.05) is 19.4 Å². The average Bonchev–Trinajstić information content (AvgIpc) is 2.99. The molecule has 20 heavy (non-hydrogen) atoms. The van der Waals surface area contributed by atoms with Gasteiger partial charge in [-0.25, -0.2) is 0 Å². The lowest BCUT2D eigenvalue weighted by Crippen LogP contribution is -2.51. The van der Waals surface area contributed by atoms with Gasteiger partial charge in [0.15, 0.2) is 0 Å². The summed E-state index contributed by atoms with van der Waals surface area (Å²) < 4.78 is 0. The minimum absolute atomic E-state index is 0.121. The smallest absolute Gasteiger partial charge is 0.222 e. The van der Waals surface area contributed by atoms with Crippen molar-refractivity contribution >= 4 is 17.2 Å². The average molecular weight is 294 g/mol. The first-order chi connectivity index (χ1) is 9.60. The number of thiophene rings is 1. The Morgan fingerprint density at radius 3 is 2.60 bits per heavy atom. The molecule has 0 atom stereocenters. The summed E-state index contributed by atoms with van der Waals surface area (Å²) in [6.45, 7) is 3.91. The number of carbonyl (C=O) groups is 1. The summed E-state index contributed by atoms with van der Waals surface area (Å²) in [5.41, 5.74) is 0.121. The molecule has 4 heteroatoms. The van der Waals surface area contributed by atoms with E-state index in [4.69, 9.17) is 0 Å². The fourth-order valence-electron chi connectivity index (χ4n) is 3.07. The normalized spacial score (nSPS) is 18.5. The number of nitrogens with zero attached hydrogens (tertiary/aromatic N) is 2. The van der Waals surface area contributed by atoms with E-state index in [1.807, 2.05) is 11.3 Å². The number of rotatable bonds is 5. The minimum atomic E-state index is 0.121. The van der Waals surface area contributed by atoms with Gasteiger partial charge in [0.05, 0.1) is 5.54 Å². The second-order valence-electron chi connectivity index (χ2n) is 5.89. The molecule has 0 radical (unpaired) electrons. The Labute approximate surface area is 126 Å². The van der Waals surface area contributed by atoms with Crippen molar-refractivity contribution < 1.29 is 4.79 Å². The number of amides is 1. The van der Waals surface area contributed by atoms with Gasteiger partial charge in [-0.2, -0.15) is 0 Å². The largest absolute Gasteiger partial charge is 0.343 e. The van der Waals surface area contributed by atoms with E-state index in [1.165, 1.54) is 4.88 Å². The summed E-state index contributed by atoms with van der Waals surface area (Å²) in [6, 6.07) is 4.36. The van der Waals surface area contributed by atoms with E-state index in [0.29, 0.717) is 12.3 Å². The minimum Gasteiger partial charge on any atom is -0.343 e. The van der Waals surface area contributed by atoms with E-state index >= 15 is 0 Å². The lowest BCUT2D eigenvalue weighted by atomic mass is 9.84. The van der Waals surface area contributed by atoms with Gasteiger partial charge in [0.25, 0.3) is 0 Å². The van der Waals surface area contributed by atoms with Crippen LogP contribution in [0, 0.1) is 0 Å². The van der Waals surface area contributed by atoms with Crippen molar-refractivity contribution in [2.75, 3.05) is 27.2 Å². The molecular formula is C16H26N2OS. The standard InChI is InChI=1S/C16H26N2OS/c1-4-5-8-15(19)18-11-9-16(10-12-18,17(2)3)14-7-6-13-20-14/h6-7,13H,4-5,8-12H2,1-3H3. The lowest BCUT2D eigenvalue weighted by Gasteiger charge is -2.45. The Morgan fingerprint density at radius 1 is 1.40 bits per heavy atom. The highest BCUT2D eigenvalue weighted by molar-refractivity contribution is 7.10. The quantitative estimate of drug-likeness (QED) is 0.832. The zero-order valence-electron chi connectivity index (χ0n) is 12.9. The van der Waals surface area contributed by atoms with Crippen molar-refractivity contribution in [2.24, 2.45) is 0 Å². The van der Waals surface area contributed by atoms with Gasteiger partial charge in [-0.3, -0.25) is 9.69 Å². The predicted octanol–water partition coefficient (Wildman–Crippen LogP) is 3.32. The molecular weight excluding hydrogens is 268 g/mol. The van der Waals surface area contributed by atoms with Crippen LogP contribution in [0.2, 0.25) is 0 Å². The fraction of sp³-hybridized carbons (Fsp3) is 0.688. The molecule has 1 aliphatic rings. The molecule has 1 saturated heterocycles. The zero-order valence-corrected chi connectivity index (χ0v) is 13.7. The molecule has 1 amide bonds. The first-order valence-corrected chi connectivity index (χ1v) is 8.47. The van der Waals surface area contributed by atoms with E-state index in [1.54, 1.807) is 0 Å². The van der Waals surface area contributed by atoms with Crippen molar-refractivity contribution in [1.82, 2.24) is 9.80 Å². The van der Waals surface area contributed by atoms with Crippen LogP contribution in [0.25, 0.3) is 0 Å². The number of hydrogen-bond acceptors (Lipinski definition) is 3. The van der Waals surface area contributed by atoms with E-state index < -0.39 is 0 Å². The highest BCUT2D eigenvalue weighted by Crippen LogP contribution is 2.39. The molecule has 0 saturated carbocycles. The molecule has 2 heterocycles. The number of unbranched alkanes of at least 4 members (excludes halogenated alkanes) is 1. The van der Waals surface area contributed by atoms with Gasteiger partial charge >= 0.3 is 0 Å². The van der Waals surface area contributed by atoms with Crippen LogP contribution >= 0.6 is 11.3 Å². The Bertz CT molecular complexity index is 420. The number of likely N-dealkylation sites (tertiary alicyclic amines) is 1. The highest BCUT2D eigenvalue weighted by atomic mass is 32.1. The Hall–Kier alpha value is -0.870. The van der Waals surface area contributed by atoms with Gasteiger partial charge < -0.3 is 4.90 Å². The second-order valence-corrected chi connectivity index (χ2v) is 6.84. The van der Waals surface area contributed by atoms with Crippen molar-refractivity contribution in [3.63, 3.8) is 0 Å². The van der Waals surface area contributed by atoms with Crippen LogP contribution in [-0.2, 0) is 10.3 Å². The summed E-state index contributed by atoms with van der Waals surface area (Å²) in [5, 5.41) is 2.15. The number of piperidine rings is 1. The summed E-state index contributed by atoms with van der Waals surface area (Å²) >= 11 is 1.84. The molecule has 1 aromatic heterocycles. The third-order valence-corrected chi connectivity index (χ3v) is 5.59. The summed E-state index contributed by atoms with van der Waals surface area (Å²) in [7, 11) is 4.32. The van der Waals surface area contributed by atoms with Gasteiger partial charge in [-0.05, 0) is 44.8 Å². The van der Waals surface area contributed by atoms with E-state index in [-0.39, 0.29) is 5.54 Å². The molecule has 0 unspecified atom stereocenters. The second kappa shape index (κ2) is 6.72. The monoisotopic (exact) mass is 294 g/mol. The summed E-state index contributed by atoms with van der Waals surface area (Å²) in [4.78, 5) is 18.0. The van der Waals surface area contributed by atoms with E-state index in [2.05, 4.69) is 48.3 Å². The van der Waals surface area contributed by atoms with Crippen LogP contribution < -0.4 is 0 Å². The third kappa shape index (κ3) is 3.07. The van der Waals surface area contributed by atoms with Crippen LogP contribution in [0.1, 0.15) is 43.9 Å². The molecule has 1 fully saturated rings. The molecule has 0 bridgehead atoms. The lowest BCUT2D eigenvalue weighted by molar-refractivity contribution is -0.134. The van der Waals surface area contributed by atoms with Crippen LogP contribution in [0.15, 0.2) is 17.5 Å². The molecule has 0 aliphatic carbocycles. The van der Waals surface area contributed by atoms with Crippen LogP contribution in [0.5, 0.6) is 0 Å². The van der Waals surface area contributed by atoms with Crippen molar-refractivity contribution in [3.8, 4) is 0 Å². The summed E-state index contributed by atoms with van der Waals surface area (Å²) in [5.74, 6) is 0.338. The van der Waals surface area contributed by atoms with Crippen LogP contribution in [0.3, 0.4) is 0 Å². The Kier molecular flexibility index (Phi) is 5.22. The van der Waals surface area contributed by atoms with E-state index in [9.17, 15) is 4.79 Å². The number of carbonyl (C=O) groups excluding carboxylic acids is 1. The third-order valence-electron chi connectivity index (χ3n) is 4.52. The molecule has 112 valence electrons. The molecule has 2 rings (SSSR count). The van der Waals surface area contributed by atoms with Gasteiger partial charge in [0.2, 0.25) is 5.91 Å². The zero-order chi connectivity index (χ0) is 14.6. The maximum atomic E-state index is 12.1. The maximum absolute atomic E-state index is 12.1. The van der Waals surface area contributed by atoms with Crippen molar-refractivity contribution in [1.29, 1.82) is 0 Å². The first-order valence-electron chi connectivity index (χ1n) is 7.59. The summed E-state index contributed by atoms with van der Waals surface area (Å²) in [6.07, 6.45) is 4.90. The SMILES string of the molecule is CCCCC(=O)N1CCC(c2cccs2)(N(C)C)CC1. The van der Waals surface area contributed by atoms with Crippen molar-refractivity contribution in [2.45, 2.75) is 44.6 Å². The molecule has 0 spiro atoms. The van der Waals surface area contributed by atoms with Crippen molar-refractivity contribution in [3.05, 3.63) is 22.4 Å². The van der Waals surface area contributed by atoms with Gasteiger partial charge in [0, 0.05) is 24.4 Å². The molecule has 3 nitrogen and oxygen atoms in total. The van der Waals surface area contributed by atoms with E-state index in [0.717, 1.165) is 38.8 Å². The van der Waals surface area contributed by atoms with Gasteiger partial charge in [0.1, 0.15) is 0 Å². The number of hydrogen-bond donors (Lipinski definition) is 0. The highest BCUT2D eigenvalue weighted by Gasteiger charge is 2.39. The Morgan fingerprint density at radius 2 is 2.10 bits per heavy atom. The molecule has 0 aromatic carbocycles. The topological polar surface area (TPSA) is 23.6 Å². The predicted molar refractivity (Wildman–Crippen MR) is 85.0 cm³/mol. The molecule has 1 aromatic rings. The maximum Gasteiger partial charge on any atom is 0.222 e. The molecule has 0 N–H and O–H groups in total.